The van der Waals surface area contributed by atoms with Crippen LogP contribution in [0, 0.1) is 0 Å². The molecule has 0 aliphatic heterocycles. The molecule has 0 fully saturated rings. The van der Waals surface area contributed by atoms with Crippen LogP contribution in [-0.2, 0) is 10.0 Å². The molecule has 1 heterocycles. The van der Waals surface area contributed by atoms with Crippen LogP contribution in [-0.4, -0.2) is 31.7 Å². The number of anilines is 1. The van der Waals surface area contributed by atoms with Gasteiger partial charge < -0.3 is 5.32 Å². The molecule has 0 saturated carbocycles. The highest BCUT2D eigenvalue weighted by Gasteiger charge is 2.12. The Morgan fingerprint density at radius 3 is 2.81 bits per heavy atom. The SMILES string of the molecule is CC(C)NCCCS(=O)(=O)Nc1cccc2ccncc12. The van der Waals surface area contributed by atoms with E-state index in [0.29, 0.717) is 24.7 Å². The van der Waals surface area contributed by atoms with Gasteiger partial charge in [0.15, 0.2) is 0 Å². The Labute approximate surface area is 125 Å². The fraction of sp³-hybridized carbons (Fsp3) is 0.400. The number of fused-ring (bicyclic) bond motifs is 1. The lowest BCUT2D eigenvalue weighted by Crippen LogP contribution is -2.26. The molecule has 0 unspecified atom stereocenters. The normalized spacial score (nSPS) is 12.0. The summed E-state index contributed by atoms with van der Waals surface area (Å²) in [6.45, 7) is 4.77. The molecule has 0 saturated heterocycles. The van der Waals surface area contributed by atoms with Crippen molar-refractivity contribution in [2.24, 2.45) is 0 Å². The summed E-state index contributed by atoms with van der Waals surface area (Å²) < 4.78 is 26.9. The fourth-order valence-corrected chi connectivity index (χ4v) is 3.21. The van der Waals surface area contributed by atoms with Crippen LogP contribution in [0.4, 0.5) is 5.69 Å². The van der Waals surface area contributed by atoms with Crippen molar-refractivity contribution in [1.82, 2.24) is 10.3 Å². The van der Waals surface area contributed by atoms with E-state index in [1.807, 2.05) is 32.0 Å². The Balaban J connectivity index is 2.05. The lowest BCUT2D eigenvalue weighted by atomic mass is 10.1. The van der Waals surface area contributed by atoms with Crippen LogP contribution < -0.4 is 10.0 Å². The zero-order valence-corrected chi connectivity index (χ0v) is 13.2. The number of pyridine rings is 1. The number of nitrogens with zero attached hydrogens (tertiary/aromatic N) is 1. The molecule has 0 aliphatic rings. The summed E-state index contributed by atoms with van der Waals surface area (Å²) in [5, 5.41) is 4.98. The summed E-state index contributed by atoms with van der Waals surface area (Å²) in [6, 6.07) is 7.75. The second kappa shape index (κ2) is 6.87. The summed E-state index contributed by atoms with van der Waals surface area (Å²) in [5.74, 6) is 0.101. The van der Waals surface area contributed by atoms with E-state index in [2.05, 4.69) is 15.0 Å². The van der Waals surface area contributed by atoms with E-state index in [1.54, 1.807) is 18.5 Å². The Hall–Kier alpha value is -1.66. The molecule has 0 atom stereocenters. The summed E-state index contributed by atoms with van der Waals surface area (Å²) in [4.78, 5) is 4.05. The molecule has 5 nitrogen and oxygen atoms in total. The summed E-state index contributed by atoms with van der Waals surface area (Å²) in [5.41, 5.74) is 0.581. The van der Waals surface area contributed by atoms with Gasteiger partial charge in [-0.05, 0) is 30.5 Å². The highest BCUT2D eigenvalue weighted by molar-refractivity contribution is 7.92. The van der Waals surface area contributed by atoms with E-state index in [1.165, 1.54) is 0 Å². The third kappa shape index (κ3) is 4.68. The van der Waals surface area contributed by atoms with Crippen LogP contribution in [0.5, 0.6) is 0 Å². The van der Waals surface area contributed by atoms with Crippen molar-refractivity contribution in [1.29, 1.82) is 0 Å². The minimum atomic E-state index is -3.34. The van der Waals surface area contributed by atoms with Gasteiger partial charge in [-0.2, -0.15) is 0 Å². The number of hydrogen-bond donors (Lipinski definition) is 2. The first-order valence-electron chi connectivity index (χ1n) is 7.04. The molecule has 0 aliphatic carbocycles. The van der Waals surface area contributed by atoms with Gasteiger partial charge in [-0.3, -0.25) is 9.71 Å². The van der Waals surface area contributed by atoms with Crippen molar-refractivity contribution < 1.29 is 8.42 Å². The maximum Gasteiger partial charge on any atom is 0.232 e. The lowest BCUT2D eigenvalue weighted by Gasteiger charge is -2.11. The standard InChI is InChI=1S/C15H21N3O2S/c1-12(2)17-8-4-10-21(19,20)18-15-6-3-5-13-7-9-16-11-14(13)15/h3,5-7,9,11-12,17-18H,4,8,10H2,1-2H3. The molecule has 2 rings (SSSR count). The Bertz CT molecular complexity index is 694. The fourth-order valence-electron chi connectivity index (χ4n) is 2.07. The highest BCUT2D eigenvalue weighted by atomic mass is 32.2. The maximum absolute atomic E-state index is 12.1. The number of sulfonamides is 1. The van der Waals surface area contributed by atoms with Crippen LogP contribution in [0.25, 0.3) is 10.8 Å². The first kappa shape index (κ1) is 15.7. The average molecular weight is 307 g/mol. The number of nitrogens with one attached hydrogen (secondary N) is 2. The number of benzene rings is 1. The van der Waals surface area contributed by atoms with E-state index >= 15 is 0 Å². The highest BCUT2D eigenvalue weighted by Crippen LogP contribution is 2.23. The van der Waals surface area contributed by atoms with Gasteiger partial charge in [0, 0.05) is 23.8 Å². The van der Waals surface area contributed by atoms with Crippen LogP contribution >= 0.6 is 0 Å². The van der Waals surface area contributed by atoms with Gasteiger partial charge in [0.25, 0.3) is 0 Å². The number of aromatic nitrogens is 1. The Kier molecular flexibility index (Phi) is 5.14. The van der Waals surface area contributed by atoms with Gasteiger partial charge in [-0.25, -0.2) is 8.42 Å². The van der Waals surface area contributed by atoms with E-state index < -0.39 is 10.0 Å². The molecule has 114 valence electrons. The van der Waals surface area contributed by atoms with Crippen LogP contribution in [0.3, 0.4) is 0 Å². The topological polar surface area (TPSA) is 71.1 Å². The van der Waals surface area contributed by atoms with Crippen molar-refractivity contribution in [3.8, 4) is 0 Å². The van der Waals surface area contributed by atoms with Gasteiger partial charge in [0.1, 0.15) is 0 Å². The minimum absolute atomic E-state index is 0.101. The molecular formula is C15H21N3O2S. The predicted octanol–water partition coefficient (Wildman–Crippen LogP) is 2.36. The summed E-state index contributed by atoms with van der Waals surface area (Å²) in [6.07, 6.45) is 3.95. The first-order chi connectivity index (χ1) is 9.98. The van der Waals surface area contributed by atoms with Gasteiger partial charge >= 0.3 is 0 Å². The maximum atomic E-state index is 12.1. The molecule has 0 spiro atoms. The second-order valence-corrected chi connectivity index (χ2v) is 7.13. The first-order valence-corrected chi connectivity index (χ1v) is 8.70. The third-order valence-corrected chi connectivity index (χ3v) is 4.45. The van der Waals surface area contributed by atoms with E-state index in [9.17, 15) is 8.42 Å². The minimum Gasteiger partial charge on any atom is -0.314 e. The Morgan fingerprint density at radius 1 is 1.24 bits per heavy atom. The molecule has 0 radical (unpaired) electrons. The molecule has 1 aromatic heterocycles. The van der Waals surface area contributed by atoms with E-state index in [4.69, 9.17) is 0 Å². The van der Waals surface area contributed by atoms with Gasteiger partial charge in [0.2, 0.25) is 10.0 Å². The monoisotopic (exact) mass is 307 g/mol. The van der Waals surface area contributed by atoms with Crippen molar-refractivity contribution in [2.75, 3.05) is 17.0 Å². The molecular weight excluding hydrogens is 286 g/mol. The van der Waals surface area contributed by atoms with E-state index in [-0.39, 0.29) is 5.75 Å². The number of hydrogen-bond acceptors (Lipinski definition) is 4. The van der Waals surface area contributed by atoms with Gasteiger partial charge in [-0.1, -0.05) is 26.0 Å². The third-order valence-electron chi connectivity index (χ3n) is 3.09. The van der Waals surface area contributed by atoms with E-state index in [0.717, 1.165) is 10.8 Å². The van der Waals surface area contributed by atoms with Crippen molar-refractivity contribution in [2.45, 2.75) is 26.3 Å². The molecule has 2 aromatic rings. The van der Waals surface area contributed by atoms with Crippen molar-refractivity contribution in [3.63, 3.8) is 0 Å². The molecule has 0 amide bonds. The zero-order chi connectivity index (χ0) is 15.3. The average Bonchev–Trinajstić information content (AvgIpc) is 2.44. The molecule has 6 heteroatoms. The van der Waals surface area contributed by atoms with Crippen LogP contribution in [0.15, 0.2) is 36.7 Å². The second-order valence-electron chi connectivity index (χ2n) is 5.29. The van der Waals surface area contributed by atoms with Gasteiger partial charge in [-0.15, -0.1) is 0 Å². The van der Waals surface area contributed by atoms with Gasteiger partial charge in [0.05, 0.1) is 11.4 Å². The van der Waals surface area contributed by atoms with Crippen LogP contribution in [0.1, 0.15) is 20.3 Å². The number of rotatable bonds is 7. The quantitative estimate of drug-likeness (QED) is 0.770. The molecule has 2 N–H and O–H groups in total. The smallest absolute Gasteiger partial charge is 0.232 e. The Morgan fingerprint density at radius 2 is 2.05 bits per heavy atom. The molecule has 21 heavy (non-hydrogen) atoms. The molecule has 1 aromatic carbocycles. The summed E-state index contributed by atoms with van der Waals surface area (Å²) >= 11 is 0. The lowest BCUT2D eigenvalue weighted by molar-refractivity contribution is 0.571. The van der Waals surface area contributed by atoms with Crippen molar-refractivity contribution >= 4 is 26.5 Å². The van der Waals surface area contributed by atoms with Crippen LogP contribution in [0.2, 0.25) is 0 Å². The zero-order valence-electron chi connectivity index (χ0n) is 12.3. The molecule has 0 bridgehead atoms. The summed E-state index contributed by atoms with van der Waals surface area (Å²) in [7, 11) is -3.34. The predicted molar refractivity (Wildman–Crippen MR) is 86.9 cm³/mol. The van der Waals surface area contributed by atoms with Crippen molar-refractivity contribution in [3.05, 3.63) is 36.7 Å². The largest absolute Gasteiger partial charge is 0.314 e.